The van der Waals surface area contributed by atoms with Crippen molar-refractivity contribution in [1.29, 1.82) is 0 Å². The number of piperidine rings is 1. The quantitative estimate of drug-likeness (QED) is 0.525. The zero-order chi connectivity index (χ0) is 23.3. The molecule has 0 N–H and O–H groups in total. The third-order valence-electron chi connectivity index (χ3n) is 6.10. The van der Waals surface area contributed by atoms with Gasteiger partial charge in [0, 0.05) is 54.0 Å². The number of urea groups is 1. The van der Waals surface area contributed by atoms with Crippen LogP contribution >= 0.6 is 11.6 Å². The SMILES string of the molecule is [2H]C1([2H])C(c2cn(-c3ccc(F)cc3)c3ccc(Cl)cc23)N(N2CCCCC2)C(=O)N1CC. The molecular formula is C24H26ClFN4O. The number of amides is 2. The first-order valence-corrected chi connectivity index (χ1v) is 11.1. The molecule has 7 heteroatoms. The van der Waals surface area contributed by atoms with Crippen LogP contribution in [-0.4, -0.2) is 51.6 Å². The van der Waals surface area contributed by atoms with E-state index in [1.807, 2.05) is 27.9 Å². The molecule has 0 spiro atoms. The Morgan fingerprint density at radius 1 is 1.13 bits per heavy atom. The third kappa shape index (κ3) is 3.58. The normalized spacial score (nSPS) is 22.8. The first-order valence-electron chi connectivity index (χ1n) is 11.7. The Balaban J connectivity index is 1.72. The number of hydrogen-bond acceptors (Lipinski definition) is 2. The number of rotatable bonds is 4. The highest BCUT2D eigenvalue weighted by molar-refractivity contribution is 6.31. The summed E-state index contributed by atoms with van der Waals surface area (Å²) < 4.78 is 33.5. The highest BCUT2D eigenvalue weighted by atomic mass is 35.5. The van der Waals surface area contributed by atoms with Crippen molar-refractivity contribution in [3.8, 4) is 5.69 Å². The van der Waals surface area contributed by atoms with Crippen LogP contribution in [0.2, 0.25) is 5.02 Å². The van der Waals surface area contributed by atoms with Gasteiger partial charge in [-0.25, -0.2) is 19.2 Å². The van der Waals surface area contributed by atoms with Gasteiger partial charge in [-0.15, -0.1) is 0 Å². The summed E-state index contributed by atoms with van der Waals surface area (Å²) in [5.41, 5.74) is 2.24. The van der Waals surface area contributed by atoms with Gasteiger partial charge in [-0.2, -0.15) is 0 Å². The van der Waals surface area contributed by atoms with Crippen LogP contribution < -0.4 is 0 Å². The van der Waals surface area contributed by atoms with E-state index in [2.05, 4.69) is 0 Å². The lowest BCUT2D eigenvalue weighted by Gasteiger charge is -2.37. The van der Waals surface area contributed by atoms with Gasteiger partial charge in [-0.05, 0) is 62.2 Å². The van der Waals surface area contributed by atoms with Gasteiger partial charge in [0.05, 0.1) is 14.3 Å². The second kappa shape index (κ2) is 8.17. The van der Waals surface area contributed by atoms with Gasteiger partial charge in [0.2, 0.25) is 0 Å². The number of hydrazine groups is 1. The summed E-state index contributed by atoms with van der Waals surface area (Å²) in [4.78, 5) is 14.8. The highest BCUT2D eigenvalue weighted by Crippen LogP contribution is 2.38. The second-order valence-electron chi connectivity index (χ2n) is 8.01. The molecule has 2 amide bonds. The van der Waals surface area contributed by atoms with Gasteiger partial charge in [-0.3, -0.25) is 0 Å². The van der Waals surface area contributed by atoms with Crippen molar-refractivity contribution in [3.05, 3.63) is 65.1 Å². The van der Waals surface area contributed by atoms with E-state index >= 15 is 0 Å². The number of nitrogens with zero attached hydrogens (tertiary/aromatic N) is 4. The molecule has 2 aliphatic heterocycles. The van der Waals surface area contributed by atoms with Crippen LogP contribution in [0.25, 0.3) is 16.6 Å². The molecule has 2 aliphatic rings. The molecule has 1 aromatic heterocycles. The molecule has 0 radical (unpaired) electrons. The number of benzene rings is 2. The molecule has 31 heavy (non-hydrogen) atoms. The van der Waals surface area contributed by atoms with Crippen LogP contribution in [0.5, 0.6) is 0 Å². The Labute approximate surface area is 189 Å². The molecule has 5 nitrogen and oxygen atoms in total. The van der Waals surface area contributed by atoms with E-state index in [4.69, 9.17) is 14.3 Å². The molecule has 1 atom stereocenters. The number of likely N-dealkylation sites (N-methyl/N-ethyl adjacent to an activating group) is 1. The van der Waals surface area contributed by atoms with E-state index in [-0.39, 0.29) is 18.4 Å². The van der Waals surface area contributed by atoms with Gasteiger partial charge in [0.15, 0.2) is 0 Å². The average Bonchev–Trinajstić information content (AvgIpc) is 3.25. The maximum atomic E-state index is 13.6. The van der Waals surface area contributed by atoms with E-state index in [1.165, 1.54) is 17.0 Å². The predicted molar refractivity (Wildman–Crippen MR) is 121 cm³/mol. The van der Waals surface area contributed by atoms with E-state index in [0.717, 1.165) is 35.9 Å². The summed E-state index contributed by atoms with van der Waals surface area (Å²) >= 11 is 6.36. The lowest BCUT2D eigenvalue weighted by Crippen LogP contribution is -2.48. The summed E-state index contributed by atoms with van der Waals surface area (Å²) in [5.74, 6) is -0.328. The summed E-state index contributed by atoms with van der Waals surface area (Å²) in [6.07, 6.45) is 4.90. The molecule has 1 unspecified atom stereocenters. The molecule has 5 rings (SSSR count). The second-order valence-corrected chi connectivity index (χ2v) is 8.45. The Bertz CT molecular complexity index is 1190. The van der Waals surface area contributed by atoms with Crippen LogP contribution in [0, 0.1) is 5.82 Å². The van der Waals surface area contributed by atoms with E-state index in [1.54, 1.807) is 30.1 Å². The first kappa shape index (κ1) is 18.0. The van der Waals surface area contributed by atoms with Crippen LogP contribution in [0.1, 0.15) is 40.5 Å². The van der Waals surface area contributed by atoms with E-state index in [0.29, 0.717) is 23.7 Å². The largest absolute Gasteiger partial charge is 0.335 e. The fraction of sp³-hybridized carbons (Fsp3) is 0.375. The molecule has 0 saturated carbocycles. The smallest absolute Gasteiger partial charge is 0.321 e. The van der Waals surface area contributed by atoms with Crippen molar-refractivity contribution in [2.24, 2.45) is 0 Å². The molecule has 2 aromatic carbocycles. The monoisotopic (exact) mass is 442 g/mol. The number of aromatic nitrogens is 1. The fourth-order valence-electron chi connectivity index (χ4n) is 4.56. The van der Waals surface area contributed by atoms with Crippen molar-refractivity contribution in [2.75, 3.05) is 26.1 Å². The molecule has 0 aliphatic carbocycles. The Hall–Kier alpha value is -2.57. The van der Waals surface area contributed by atoms with Gasteiger partial charge < -0.3 is 9.47 Å². The zero-order valence-electron chi connectivity index (χ0n) is 19.4. The number of carbonyl (C=O) groups excluding carboxylic acids is 1. The van der Waals surface area contributed by atoms with Crippen molar-refractivity contribution < 1.29 is 11.9 Å². The molecule has 162 valence electrons. The van der Waals surface area contributed by atoms with Crippen LogP contribution in [0.15, 0.2) is 48.7 Å². The van der Waals surface area contributed by atoms with Crippen molar-refractivity contribution in [2.45, 2.75) is 32.2 Å². The highest BCUT2D eigenvalue weighted by Gasteiger charge is 2.42. The molecule has 2 fully saturated rings. The number of halogens is 2. The Kier molecular flexibility index (Phi) is 4.76. The van der Waals surface area contributed by atoms with Crippen LogP contribution in [-0.2, 0) is 0 Å². The van der Waals surface area contributed by atoms with E-state index in [9.17, 15) is 9.18 Å². The van der Waals surface area contributed by atoms with Gasteiger partial charge in [-0.1, -0.05) is 18.0 Å². The lowest BCUT2D eigenvalue weighted by atomic mass is 10.1. The number of carbonyl (C=O) groups is 1. The van der Waals surface area contributed by atoms with Gasteiger partial charge in [0.1, 0.15) is 5.82 Å². The molecule has 3 heterocycles. The minimum Gasteiger partial charge on any atom is -0.321 e. The van der Waals surface area contributed by atoms with Crippen LogP contribution in [0.4, 0.5) is 9.18 Å². The fourth-order valence-corrected chi connectivity index (χ4v) is 4.73. The van der Waals surface area contributed by atoms with E-state index < -0.39 is 12.5 Å². The molecule has 2 saturated heterocycles. The van der Waals surface area contributed by atoms with Crippen LogP contribution in [0.3, 0.4) is 0 Å². The van der Waals surface area contributed by atoms with Gasteiger partial charge >= 0.3 is 6.03 Å². The minimum atomic E-state index is -1.92. The van der Waals surface area contributed by atoms with Crippen molar-refractivity contribution in [1.82, 2.24) is 19.5 Å². The average molecular weight is 443 g/mol. The first-order chi connectivity index (χ1) is 15.8. The van der Waals surface area contributed by atoms with Crippen molar-refractivity contribution in [3.63, 3.8) is 0 Å². The Morgan fingerprint density at radius 2 is 1.87 bits per heavy atom. The van der Waals surface area contributed by atoms with Crippen molar-refractivity contribution >= 4 is 28.5 Å². The van der Waals surface area contributed by atoms with Gasteiger partial charge in [0.25, 0.3) is 0 Å². The lowest BCUT2D eigenvalue weighted by molar-refractivity contribution is -0.0148. The standard InChI is InChI=1S/C24H26ClFN4O/c1-2-27-16-23(30(24(27)31)28-12-4-3-5-13-28)21-15-29(19-9-7-18(26)8-10-19)22-11-6-17(25)14-20(21)22/h6-11,14-15,23H,2-5,12-13,16H2,1H3/i16D2. The third-order valence-corrected chi connectivity index (χ3v) is 6.33. The molecule has 0 bridgehead atoms. The topological polar surface area (TPSA) is 31.7 Å². The number of fused-ring (bicyclic) bond motifs is 1. The summed E-state index contributed by atoms with van der Waals surface area (Å²) in [5, 5.41) is 4.92. The summed E-state index contributed by atoms with van der Waals surface area (Å²) in [6, 6.07) is 10.5. The maximum absolute atomic E-state index is 13.6. The number of hydrogen-bond donors (Lipinski definition) is 0. The molecular weight excluding hydrogens is 415 g/mol. The zero-order valence-corrected chi connectivity index (χ0v) is 18.1. The summed E-state index contributed by atoms with van der Waals surface area (Å²) in [6.45, 7) is 1.57. The Morgan fingerprint density at radius 3 is 2.58 bits per heavy atom. The maximum Gasteiger partial charge on any atom is 0.335 e. The minimum absolute atomic E-state index is 0.268. The predicted octanol–water partition coefficient (Wildman–Crippen LogP) is 5.62. The molecule has 3 aromatic rings. The summed E-state index contributed by atoms with van der Waals surface area (Å²) in [7, 11) is 0.